The van der Waals surface area contributed by atoms with Crippen LogP contribution in [0.5, 0.6) is 0 Å². The molecule has 0 rings (SSSR count). The van der Waals surface area contributed by atoms with E-state index in [-0.39, 0.29) is 5.22 Å². The van der Waals surface area contributed by atoms with E-state index in [1.807, 2.05) is 0 Å². The van der Waals surface area contributed by atoms with Crippen molar-refractivity contribution >= 4 is 40.7 Å². The van der Waals surface area contributed by atoms with E-state index in [0.29, 0.717) is 5.31 Å². The zero-order chi connectivity index (χ0) is 7.44. The number of hydrogen-bond acceptors (Lipinski definition) is 1. The lowest BCUT2D eigenvalue weighted by Crippen LogP contribution is -1.77. The maximum absolute atomic E-state index is 5.52. The van der Waals surface area contributed by atoms with E-state index < -0.39 is 6.63 Å². The fourth-order valence-electron chi connectivity index (χ4n) is 0.214. The Labute approximate surface area is 70.3 Å². The highest BCUT2D eigenvalue weighted by molar-refractivity contribution is 8.06. The van der Waals surface area contributed by atoms with Crippen molar-refractivity contribution in [3.8, 4) is 0 Å². The summed E-state index contributed by atoms with van der Waals surface area (Å²) in [5.74, 6) is 0. The second-order valence-corrected chi connectivity index (χ2v) is 5.32. The molecule has 0 bridgehead atoms. The molecule has 9 heavy (non-hydrogen) atoms. The van der Waals surface area contributed by atoms with Gasteiger partial charge in [0.1, 0.15) is 6.63 Å². The first-order chi connectivity index (χ1) is 4.09. The zero-order valence-electron chi connectivity index (χ0n) is 4.99. The van der Waals surface area contributed by atoms with Gasteiger partial charge < -0.3 is 4.74 Å². The second kappa shape index (κ2) is 4.62. The van der Waals surface area contributed by atoms with Crippen LogP contribution in [0, 0.1) is 0 Å². The second-order valence-electron chi connectivity index (χ2n) is 1.30. The Hall–Kier alpha value is 0.840. The number of ether oxygens (including phenoxy) is 1. The van der Waals surface area contributed by atoms with Crippen LogP contribution in [-0.2, 0) is 4.74 Å². The normalized spacial score (nSPS) is 13.6. The molecule has 0 fully saturated rings. The Morgan fingerprint density at radius 1 is 1.44 bits per heavy atom. The highest BCUT2D eigenvalue weighted by Crippen LogP contribution is 2.55. The molecule has 0 N–H and O–H groups in total. The molecular formula is C4H6Cl3OP. The number of rotatable bonds is 2. The Morgan fingerprint density at radius 2 is 1.89 bits per heavy atom. The van der Waals surface area contributed by atoms with Crippen LogP contribution in [0.1, 0.15) is 6.92 Å². The van der Waals surface area contributed by atoms with Crippen molar-refractivity contribution in [1.82, 2.24) is 0 Å². The molecule has 0 aliphatic carbocycles. The van der Waals surface area contributed by atoms with Crippen LogP contribution in [0.15, 0.2) is 10.5 Å². The predicted molar refractivity (Wildman–Crippen MR) is 44.2 cm³/mol. The monoisotopic (exact) mass is 206 g/mol. The van der Waals surface area contributed by atoms with Gasteiger partial charge in [-0.25, -0.2) is 0 Å². The van der Waals surface area contributed by atoms with E-state index in [4.69, 9.17) is 34.1 Å². The molecule has 0 saturated heterocycles. The minimum Gasteiger partial charge on any atom is -0.486 e. The Morgan fingerprint density at radius 3 is 2.00 bits per heavy atom. The Kier molecular flexibility index (Phi) is 5.06. The molecule has 0 aliphatic rings. The predicted octanol–water partition coefficient (Wildman–Crippen LogP) is 3.85. The van der Waals surface area contributed by atoms with E-state index in [1.165, 1.54) is 7.11 Å². The van der Waals surface area contributed by atoms with E-state index in [0.717, 1.165) is 0 Å². The third-order valence-electron chi connectivity index (χ3n) is 0.717. The fraction of sp³-hybridized carbons (Fsp3) is 0.500. The van der Waals surface area contributed by atoms with Gasteiger partial charge in [0.15, 0.2) is 5.22 Å². The van der Waals surface area contributed by atoms with Crippen molar-refractivity contribution in [2.24, 2.45) is 0 Å². The summed E-state index contributed by atoms with van der Waals surface area (Å²) in [4.78, 5) is 0. The Bertz CT molecular complexity index is 123. The Balaban J connectivity index is 4.10. The molecule has 0 aromatic heterocycles. The summed E-state index contributed by atoms with van der Waals surface area (Å²) in [7, 11) is 1.47. The van der Waals surface area contributed by atoms with Crippen LogP contribution in [-0.4, -0.2) is 7.11 Å². The number of allylic oxidation sites excluding steroid dienone is 1. The van der Waals surface area contributed by atoms with Gasteiger partial charge in [-0.2, -0.15) is 0 Å². The van der Waals surface area contributed by atoms with Gasteiger partial charge in [-0.05, 0) is 18.5 Å². The van der Waals surface area contributed by atoms with Crippen LogP contribution < -0.4 is 0 Å². The largest absolute Gasteiger partial charge is 0.486 e. The lowest BCUT2D eigenvalue weighted by molar-refractivity contribution is 0.320. The molecule has 0 amide bonds. The van der Waals surface area contributed by atoms with Gasteiger partial charge in [0.25, 0.3) is 0 Å². The first kappa shape index (κ1) is 9.84. The van der Waals surface area contributed by atoms with Gasteiger partial charge in [0, 0.05) is 5.31 Å². The summed E-state index contributed by atoms with van der Waals surface area (Å²) < 4.78 is 4.67. The molecule has 0 aliphatic heterocycles. The molecule has 0 aromatic rings. The summed E-state index contributed by atoms with van der Waals surface area (Å²) >= 11 is 16.5. The third-order valence-corrected chi connectivity index (χ3v) is 3.52. The van der Waals surface area contributed by atoms with Crippen LogP contribution in [0.2, 0.25) is 0 Å². The first-order valence-corrected chi connectivity index (χ1v) is 5.64. The van der Waals surface area contributed by atoms with Crippen molar-refractivity contribution in [2.45, 2.75) is 6.92 Å². The lowest BCUT2D eigenvalue weighted by atomic mass is 10.7. The van der Waals surface area contributed by atoms with Gasteiger partial charge in [0.05, 0.1) is 7.11 Å². The van der Waals surface area contributed by atoms with Crippen LogP contribution in [0.3, 0.4) is 0 Å². The van der Waals surface area contributed by atoms with E-state index >= 15 is 0 Å². The van der Waals surface area contributed by atoms with Crippen LogP contribution in [0.25, 0.3) is 0 Å². The van der Waals surface area contributed by atoms with Crippen molar-refractivity contribution in [3.05, 3.63) is 10.5 Å². The molecule has 0 aromatic carbocycles. The smallest absolute Gasteiger partial charge is 0.192 e. The molecule has 54 valence electrons. The van der Waals surface area contributed by atoms with Crippen molar-refractivity contribution in [1.29, 1.82) is 0 Å². The van der Waals surface area contributed by atoms with Crippen molar-refractivity contribution in [2.75, 3.05) is 7.11 Å². The molecule has 0 saturated carbocycles. The van der Waals surface area contributed by atoms with Crippen LogP contribution in [0.4, 0.5) is 0 Å². The van der Waals surface area contributed by atoms with Crippen LogP contribution >= 0.6 is 40.7 Å². The van der Waals surface area contributed by atoms with Crippen molar-refractivity contribution in [3.63, 3.8) is 0 Å². The SMILES string of the molecule is CO/C(Cl)=C(/C)P(Cl)Cl. The number of methoxy groups -OCH3 is 1. The van der Waals surface area contributed by atoms with E-state index in [1.54, 1.807) is 6.92 Å². The third kappa shape index (κ3) is 3.52. The maximum atomic E-state index is 5.52. The lowest BCUT2D eigenvalue weighted by Gasteiger charge is -2.02. The quantitative estimate of drug-likeness (QED) is 0.494. The average Bonchev–Trinajstić information content (AvgIpc) is 1.84. The van der Waals surface area contributed by atoms with Gasteiger partial charge in [0.2, 0.25) is 0 Å². The van der Waals surface area contributed by atoms with Gasteiger partial charge in [-0.15, -0.1) is 0 Å². The molecule has 0 unspecified atom stereocenters. The summed E-state index contributed by atoms with van der Waals surface area (Å²) in [5, 5.41) is 0.976. The fourth-order valence-corrected chi connectivity index (χ4v) is 1.41. The highest BCUT2D eigenvalue weighted by Gasteiger charge is 2.06. The molecule has 1 nitrogen and oxygen atoms in total. The minimum absolute atomic E-state index is 0.283. The zero-order valence-corrected chi connectivity index (χ0v) is 8.15. The summed E-state index contributed by atoms with van der Waals surface area (Å²) in [6.45, 7) is 0.594. The number of halogens is 3. The van der Waals surface area contributed by atoms with E-state index in [2.05, 4.69) is 4.74 Å². The topological polar surface area (TPSA) is 9.23 Å². The van der Waals surface area contributed by atoms with E-state index in [9.17, 15) is 0 Å². The first-order valence-electron chi connectivity index (χ1n) is 2.11. The number of hydrogen-bond donors (Lipinski definition) is 0. The van der Waals surface area contributed by atoms with Crippen molar-refractivity contribution < 1.29 is 4.74 Å². The minimum atomic E-state index is -1.14. The maximum Gasteiger partial charge on any atom is 0.192 e. The van der Waals surface area contributed by atoms with Gasteiger partial charge in [-0.3, -0.25) is 0 Å². The molecule has 5 heteroatoms. The molecular weight excluding hydrogens is 201 g/mol. The highest BCUT2D eigenvalue weighted by atomic mass is 35.9. The standard InChI is InChI=1S/C4H6Cl3OP/c1-3(9(6)7)4(5)8-2/h1-2H3/b4-3-. The average molecular weight is 207 g/mol. The molecule has 0 atom stereocenters. The molecule has 0 spiro atoms. The summed E-state index contributed by atoms with van der Waals surface area (Å²) in [6.07, 6.45) is 0. The molecule has 0 radical (unpaired) electrons. The van der Waals surface area contributed by atoms with Gasteiger partial charge in [-0.1, -0.05) is 22.5 Å². The summed E-state index contributed by atoms with van der Waals surface area (Å²) in [6, 6.07) is 0. The molecule has 0 heterocycles. The van der Waals surface area contributed by atoms with Gasteiger partial charge >= 0.3 is 0 Å². The summed E-state index contributed by atoms with van der Waals surface area (Å²) in [5.41, 5.74) is 0.